The SMILES string of the molecule is CN(C(=O)CC(N)CO)c1ccc(-c2ccc(NCCCN3C(=O)c4cccc5cccc(c45)C3=O)cc2)cc1. The predicted octanol–water partition coefficient (Wildman–Crippen LogP) is 4.28. The van der Waals surface area contributed by atoms with Crippen molar-refractivity contribution in [2.45, 2.75) is 18.9 Å². The van der Waals surface area contributed by atoms with Crippen LogP contribution >= 0.6 is 0 Å². The number of nitrogens with one attached hydrogen (secondary N) is 1. The summed E-state index contributed by atoms with van der Waals surface area (Å²) in [5.74, 6) is -0.635. The first kappa shape index (κ1) is 27.1. The van der Waals surface area contributed by atoms with E-state index in [2.05, 4.69) is 5.32 Å². The first-order valence-electron chi connectivity index (χ1n) is 13.3. The number of nitrogens with zero attached hydrogens (tertiary/aromatic N) is 2. The van der Waals surface area contributed by atoms with Crippen LogP contribution < -0.4 is 16.0 Å². The Bertz CT molecular complexity index is 1500. The maximum Gasteiger partial charge on any atom is 0.261 e. The van der Waals surface area contributed by atoms with E-state index in [-0.39, 0.29) is 30.7 Å². The van der Waals surface area contributed by atoms with Crippen molar-refractivity contribution in [3.05, 3.63) is 96.1 Å². The molecule has 0 aromatic heterocycles. The number of aliphatic hydroxyl groups is 1. The molecule has 8 nitrogen and oxygen atoms in total. The van der Waals surface area contributed by atoms with Crippen LogP contribution in [0.3, 0.4) is 0 Å². The Morgan fingerprint density at radius 3 is 2.05 bits per heavy atom. The van der Waals surface area contributed by atoms with Crippen LogP contribution in [0.1, 0.15) is 33.6 Å². The fourth-order valence-electron chi connectivity index (χ4n) is 4.98. The lowest BCUT2D eigenvalue weighted by molar-refractivity contribution is -0.118. The Labute approximate surface area is 233 Å². The summed E-state index contributed by atoms with van der Waals surface area (Å²) < 4.78 is 0. The van der Waals surface area contributed by atoms with Crippen LogP contribution in [0.25, 0.3) is 21.9 Å². The molecule has 4 N–H and O–H groups in total. The van der Waals surface area contributed by atoms with Crippen LogP contribution in [0.2, 0.25) is 0 Å². The number of carbonyl (C=O) groups is 3. The monoisotopic (exact) mass is 536 g/mol. The summed E-state index contributed by atoms with van der Waals surface area (Å²) in [6, 6.07) is 26.2. The molecule has 0 spiro atoms. The zero-order valence-electron chi connectivity index (χ0n) is 22.3. The van der Waals surface area contributed by atoms with Gasteiger partial charge in [-0.3, -0.25) is 19.3 Å². The minimum absolute atomic E-state index is 0.0817. The van der Waals surface area contributed by atoms with E-state index >= 15 is 0 Å². The van der Waals surface area contributed by atoms with Crippen LogP contribution in [0.4, 0.5) is 11.4 Å². The number of amides is 3. The van der Waals surface area contributed by atoms with E-state index in [0.29, 0.717) is 30.6 Å². The predicted molar refractivity (Wildman–Crippen MR) is 157 cm³/mol. The molecule has 4 aromatic carbocycles. The highest BCUT2D eigenvalue weighted by atomic mass is 16.3. The molecule has 8 heteroatoms. The van der Waals surface area contributed by atoms with E-state index in [4.69, 9.17) is 10.8 Å². The van der Waals surface area contributed by atoms with E-state index in [1.165, 1.54) is 9.80 Å². The summed E-state index contributed by atoms with van der Waals surface area (Å²) in [6.45, 7) is 0.716. The Kier molecular flexibility index (Phi) is 7.91. The van der Waals surface area contributed by atoms with E-state index < -0.39 is 6.04 Å². The molecule has 1 aliphatic heterocycles. The molecule has 0 aliphatic carbocycles. The van der Waals surface area contributed by atoms with E-state index in [1.54, 1.807) is 19.2 Å². The second-order valence-corrected chi connectivity index (χ2v) is 9.98. The van der Waals surface area contributed by atoms with Gasteiger partial charge in [-0.1, -0.05) is 48.5 Å². The third-order valence-electron chi connectivity index (χ3n) is 7.26. The Morgan fingerprint density at radius 2 is 1.48 bits per heavy atom. The van der Waals surface area contributed by atoms with Crippen molar-refractivity contribution in [3.63, 3.8) is 0 Å². The smallest absolute Gasteiger partial charge is 0.261 e. The van der Waals surface area contributed by atoms with Crippen molar-refractivity contribution in [1.29, 1.82) is 0 Å². The molecule has 5 rings (SSSR count). The lowest BCUT2D eigenvalue weighted by atomic mass is 9.94. The molecule has 0 saturated carbocycles. The number of hydrogen-bond acceptors (Lipinski definition) is 6. The van der Waals surface area contributed by atoms with Gasteiger partial charge in [0.05, 0.1) is 6.61 Å². The van der Waals surface area contributed by atoms with Crippen molar-refractivity contribution in [3.8, 4) is 11.1 Å². The summed E-state index contributed by atoms with van der Waals surface area (Å²) >= 11 is 0. The Morgan fingerprint density at radius 1 is 0.900 bits per heavy atom. The number of anilines is 2. The van der Waals surface area contributed by atoms with Crippen LogP contribution in [-0.4, -0.2) is 60.5 Å². The first-order valence-corrected chi connectivity index (χ1v) is 13.3. The topological polar surface area (TPSA) is 116 Å². The fourth-order valence-corrected chi connectivity index (χ4v) is 4.98. The second kappa shape index (κ2) is 11.7. The number of benzene rings is 4. The van der Waals surface area contributed by atoms with Crippen LogP contribution in [0, 0.1) is 0 Å². The Balaban J connectivity index is 1.15. The van der Waals surface area contributed by atoms with Crippen molar-refractivity contribution in [2.24, 2.45) is 5.73 Å². The zero-order chi connectivity index (χ0) is 28.2. The van der Waals surface area contributed by atoms with Crippen LogP contribution in [0.15, 0.2) is 84.9 Å². The number of hydrogen-bond donors (Lipinski definition) is 3. The molecule has 1 heterocycles. The van der Waals surface area contributed by atoms with Gasteiger partial charge in [0.2, 0.25) is 5.91 Å². The average Bonchev–Trinajstić information content (AvgIpc) is 2.99. The van der Waals surface area contributed by atoms with Crippen LogP contribution in [-0.2, 0) is 4.79 Å². The van der Waals surface area contributed by atoms with Gasteiger partial charge < -0.3 is 21.1 Å². The van der Waals surface area contributed by atoms with Crippen molar-refractivity contribution in [1.82, 2.24) is 4.90 Å². The summed E-state index contributed by atoms with van der Waals surface area (Å²) in [7, 11) is 1.69. The molecule has 0 saturated heterocycles. The maximum atomic E-state index is 13.0. The summed E-state index contributed by atoms with van der Waals surface area (Å²) in [5.41, 5.74) is 10.6. The molecule has 0 radical (unpaired) electrons. The van der Waals surface area contributed by atoms with E-state index in [1.807, 2.05) is 72.8 Å². The summed E-state index contributed by atoms with van der Waals surface area (Å²) in [5, 5.41) is 14.1. The van der Waals surface area contributed by atoms with Gasteiger partial charge in [0.15, 0.2) is 0 Å². The van der Waals surface area contributed by atoms with E-state index in [0.717, 1.165) is 33.3 Å². The number of nitrogens with two attached hydrogens (primary N) is 1. The number of carbonyl (C=O) groups excluding carboxylic acids is 3. The molecule has 3 amide bonds. The highest BCUT2D eigenvalue weighted by Crippen LogP contribution is 2.30. The lowest BCUT2D eigenvalue weighted by Crippen LogP contribution is -2.41. The van der Waals surface area contributed by atoms with Gasteiger partial charge in [0.1, 0.15) is 0 Å². The standard InChI is InChI=1S/C32H32N4O4/c1-35(29(38)19-24(33)20-37)26-15-11-22(12-16-26)21-9-13-25(14-10-21)34-17-4-18-36-31(39)27-7-2-5-23-6-3-8-28(30(23)27)32(36)40/h2-3,5-16,24,34,37H,4,17-20,33H2,1H3. The summed E-state index contributed by atoms with van der Waals surface area (Å²) in [4.78, 5) is 41.3. The van der Waals surface area contributed by atoms with Gasteiger partial charge in [-0.05, 0) is 59.3 Å². The molecule has 40 heavy (non-hydrogen) atoms. The molecular weight excluding hydrogens is 504 g/mol. The van der Waals surface area contributed by atoms with Gasteiger partial charge in [-0.15, -0.1) is 0 Å². The average molecular weight is 537 g/mol. The Hall–Kier alpha value is -4.53. The molecule has 0 fully saturated rings. The molecule has 0 bridgehead atoms. The summed E-state index contributed by atoms with van der Waals surface area (Å²) in [6.07, 6.45) is 0.701. The highest BCUT2D eigenvalue weighted by molar-refractivity contribution is 6.25. The van der Waals surface area contributed by atoms with Gasteiger partial charge >= 0.3 is 0 Å². The molecule has 1 aliphatic rings. The zero-order valence-corrected chi connectivity index (χ0v) is 22.3. The molecule has 4 aromatic rings. The molecule has 1 unspecified atom stereocenters. The lowest BCUT2D eigenvalue weighted by Gasteiger charge is -2.27. The van der Waals surface area contributed by atoms with Crippen molar-refractivity contribution >= 4 is 39.9 Å². The molecule has 204 valence electrons. The number of imide groups is 1. The maximum absolute atomic E-state index is 13.0. The van der Waals surface area contributed by atoms with Gasteiger partial charge in [-0.2, -0.15) is 0 Å². The highest BCUT2D eigenvalue weighted by Gasteiger charge is 2.32. The number of rotatable bonds is 10. The van der Waals surface area contributed by atoms with Crippen molar-refractivity contribution < 1.29 is 19.5 Å². The van der Waals surface area contributed by atoms with Crippen molar-refractivity contribution in [2.75, 3.05) is 37.0 Å². The van der Waals surface area contributed by atoms with E-state index in [9.17, 15) is 14.4 Å². The largest absolute Gasteiger partial charge is 0.395 e. The third kappa shape index (κ3) is 5.45. The minimum atomic E-state index is -0.566. The fraction of sp³-hybridized carbons (Fsp3) is 0.219. The third-order valence-corrected chi connectivity index (χ3v) is 7.26. The minimum Gasteiger partial charge on any atom is -0.395 e. The first-order chi connectivity index (χ1) is 19.4. The van der Waals surface area contributed by atoms with Gasteiger partial charge in [-0.25, -0.2) is 0 Å². The normalized spacial score (nSPS) is 13.4. The molecular formula is C32H32N4O4. The van der Waals surface area contributed by atoms with Crippen LogP contribution in [0.5, 0.6) is 0 Å². The molecule has 1 atom stereocenters. The number of aliphatic hydroxyl groups excluding tert-OH is 1. The second-order valence-electron chi connectivity index (χ2n) is 9.98. The van der Waals surface area contributed by atoms with Gasteiger partial charge in [0, 0.05) is 60.5 Å². The van der Waals surface area contributed by atoms with Gasteiger partial charge in [0.25, 0.3) is 11.8 Å². The quantitative estimate of drug-likeness (QED) is 0.206.